The third-order valence-corrected chi connectivity index (χ3v) is 2.92. The van der Waals surface area contributed by atoms with Crippen molar-refractivity contribution in [1.82, 2.24) is 15.1 Å². The van der Waals surface area contributed by atoms with Crippen LogP contribution in [0.2, 0.25) is 0 Å². The van der Waals surface area contributed by atoms with Crippen LogP contribution in [0.25, 0.3) is 5.69 Å². The molecule has 0 atom stereocenters. The van der Waals surface area contributed by atoms with E-state index in [0.29, 0.717) is 24.5 Å². The Labute approximate surface area is 97.7 Å². The van der Waals surface area contributed by atoms with Gasteiger partial charge in [-0.1, -0.05) is 12.1 Å². The summed E-state index contributed by atoms with van der Waals surface area (Å²) in [7, 11) is 0. The summed E-state index contributed by atoms with van der Waals surface area (Å²) in [5.41, 5.74) is 2.83. The van der Waals surface area contributed by atoms with Crippen LogP contribution in [0, 0.1) is 0 Å². The molecule has 0 amide bonds. The van der Waals surface area contributed by atoms with E-state index < -0.39 is 0 Å². The van der Waals surface area contributed by atoms with Gasteiger partial charge in [0, 0.05) is 18.7 Å². The monoisotopic (exact) mass is 229 g/mol. The highest BCUT2D eigenvalue weighted by Gasteiger charge is 2.22. The number of aldehydes is 1. The number of hydrogen-bond donors (Lipinski definition) is 2. The van der Waals surface area contributed by atoms with E-state index in [1.165, 1.54) is 4.68 Å². The highest BCUT2D eigenvalue weighted by molar-refractivity contribution is 5.77. The summed E-state index contributed by atoms with van der Waals surface area (Å²) in [6.07, 6.45) is 0.783. The van der Waals surface area contributed by atoms with E-state index in [9.17, 15) is 9.90 Å². The second kappa shape index (κ2) is 3.71. The molecular weight excluding hydrogens is 218 g/mol. The van der Waals surface area contributed by atoms with Crippen LogP contribution < -0.4 is 5.32 Å². The molecule has 0 saturated carbocycles. The number of carbonyl (C=O) groups is 1. The molecule has 86 valence electrons. The third kappa shape index (κ3) is 1.43. The van der Waals surface area contributed by atoms with Crippen molar-refractivity contribution in [3.63, 3.8) is 0 Å². The van der Waals surface area contributed by atoms with Gasteiger partial charge < -0.3 is 10.4 Å². The average molecular weight is 229 g/mol. The Morgan fingerprint density at radius 1 is 1.35 bits per heavy atom. The van der Waals surface area contributed by atoms with Crippen LogP contribution >= 0.6 is 0 Å². The molecule has 5 nitrogen and oxygen atoms in total. The smallest absolute Gasteiger partial charge is 0.168 e. The summed E-state index contributed by atoms with van der Waals surface area (Å²) in [5.74, 6) is 0.115. The Balaban J connectivity index is 2.22. The molecule has 0 bridgehead atoms. The Bertz CT molecular complexity index is 589. The lowest BCUT2D eigenvalue weighted by Crippen LogP contribution is -2.09. The molecule has 0 fully saturated rings. The van der Waals surface area contributed by atoms with Gasteiger partial charge in [-0.3, -0.25) is 4.79 Å². The van der Waals surface area contributed by atoms with Crippen molar-refractivity contribution in [2.75, 3.05) is 0 Å². The van der Waals surface area contributed by atoms with Gasteiger partial charge in [0.05, 0.1) is 5.69 Å². The summed E-state index contributed by atoms with van der Waals surface area (Å²) in [6, 6.07) is 6.85. The van der Waals surface area contributed by atoms with Gasteiger partial charge in [-0.15, -0.1) is 0 Å². The van der Waals surface area contributed by atoms with Crippen LogP contribution in [-0.4, -0.2) is 21.2 Å². The van der Waals surface area contributed by atoms with Crippen LogP contribution in [0.15, 0.2) is 24.3 Å². The second-order valence-electron chi connectivity index (χ2n) is 3.93. The number of nitrogens with one attached hydrogen (secondary N) is 1. The minimum Gasteiger partial charge on any atom is -0.506 e. The topological polar surface area (TPSA) is 67.2 Å². The molecule has 1 aromatic carbocycles. The fraction of sp³-hybridized carbons (Fsp3) is 0.167. The molecule has 2 heterocycles. The second-order valence-corrected chi connectivity index (χ2v) is 3.93. The van der Waals surface area contributed by atoms with Crippen molar-refractivity contribution in [3.05, 3.63) is 41.2 Å². The summed E-state index contributed by atoms with van der Waals surface area (Å²) in [4.78, 5) is 11.2. The van der Waals surface area contributed by atoms with Gasteiger partial charge in [-0.05, 0) is 12.1 Å². The molecule has 0 unspecified atom stereocenters. The number of hydrogen-bond acceptors (Lipinski definition) is 4. The number of para-hydroxylation sites is 2. The lowest BCUT2D eigenvalue weighted by Gasteiger charge is -2.06. The van der Waals surface area contributed by atoms with Gasteiger partial charge in [0.15, 0.2) is 6.29 Å². The highest BCUT2D eigenvalue weighted by Crippen LogP contribution is 2.26. The number of fused-ring (bicyclic) bond motifs is 1. The number of aromatic hydroxyl groups is 1. The van der Waals surface area contributed by atoms with Gasteiger partial charge >= 0.3 is 0 Å². The highest BCUT2D eigenvalue weighted by atomic mass is 16.3. The number of rotatable bonds is 2. The van der Waals surface area contributed by atoms with Crippen LogP contribution in [0.5, 0.6) is 5.75 Å². The normalized spacial score (nSPS) is 13.6. The number of phenols is 1. The Morgan fingerprint density at radius 2 is 2.18 bits per heavy atom. The van der Waals surface area contributed by atoms with Crippen molar-refractivity contribution < 1.29 is 9.90 Å². The van der Waals surface area contributed by atoms with E-state index in [-0.39, 0.29) is 5.75 Å². The average Bonchev–Trinajstić information content (AvgIpc) is 2.89. The van der Waals surface area contributed by atoms with Gasteiger partial charge in [-0.25, -0.2) is 4.68 Å². The first-order chi connectivity index (χ1) is 8.31. The molecule has 2 aromatic rings. The molecule has 0 saturated heterocycles. The van der Waals surface area contributed by atoms with Crippen LogP contribution in [0.4, 0.5) is 0 Å². The molecule has 0 spiro atoms. The van der Waals surface area contributed by atoms with Crippen molar-refractivity contribution in [1.29, 1.82) is 0 Å². The first-order valence-electron chi connectivity index (χ1n) is 5.36. The fourth-order valence-electron chi connectivity index (χ4n) is 2.10. The SMILES string of the molecule is O=Cc1c2c(nn1-c1ccccc1O)CNC2. The maximum atomic E-state index is 11.2. The molecule has 1 aromatic heterocycles. The van der Waals surface area contributed by atoms with Crippen molar-refractivity contribution in [3.8, 4) is 11.4 Å². The van der Waals surface area contributed by atoms with Crippen molar-refractivity contribution in [2.45, 2.75) is 13.1 Å². The molecule has 0 radical (unpaired) electrons. The zero-order valence-electron chi connectivity index (χ0n) is 9.05. The van der Waals surface area contributed by atoms with Crippen LogP contribution in [0.1, 0.15) is 21.7 Å². The molecule has 3 rings (SSSR count). The molecule has 2 N–H and O–H groups in total. The number of carbonyl (C=O) groups excluding carboxylic acids is 1. The minimum absolute atomic E-state index is 0.115. The predicted octanol–water partition coefficient (Wildman–Crippen LogP) is 0.994. The number of phenolic OH excluding ortho intramolecular Hbond substituents is 1. The van der Waals surface area contributed by atoms with E-state index in [1.807, 2.05) is 0 Å². The minimum atomic E-state index is 0.115. The number of aromatic nitrogens is 2. The molecule has 0 aliphatic carbocycles. The van der Waals surface area contributed by atoms with E-state index in [0.717, 1.165) is 17.5 Å². The zero-order chi connectivity index (χ0) is 11.8. The molecule has 1 aliphatic heterocycles. The number of nitrogens with zero attached hydrogens (tertiary/aromatic N) is 2. The molecule has 1 aliphatic rings. The summed E-state index contributed by atoms with van der Waals surface area (Å²) in [6.45, 7) is 1.31. The van der Waals surface area contributed by atoms with Crippen LogP contribution in [-0.2, 0) is 13.1 Å². The maximum absolute atomic E-state index is 11.2. The van der Waals surface area contributed by atoms with Crippen LogP contribution in [0.3, 0.4) is 0 Å². The lowest BCUT2D eigenvalue weighted by atomic mass is 10.2. The van der Waals surface area contributed by atoms with E-state index in [4.69, 9.17) is 0 Å². The van der Waals surface area contributed by atoms with Gasteiger partial charge in [0.1, 0.15) is 17.1 Å². The first-order valence-corrected chi connectivity index (χ1v) is 5.36. The Hall–Kier alpha value is -2.14. The quantitative estimate of drug-likeness (QED) is 0.754. The Kier molecular flexibility index (Phi) is 2.19. The van der Waals surface area contributed by atoms with E-state index in [1.54, 1.807) is 24.3 Å². The molecular formula is C12H11N3O2. The summed E-state index contributed by atoms with van der Waals surface area (Å²) in [5, 5.41) is 17.3. The van der Waals surface area contributed by atoms with E-state index in [2.05, 4.69) is 10.4 Å². The van der Waals surface area contributed by atoms with Crippen molar-refractivity contribution in [2.24, 2.45) is 0 Å². The van der Waals surface area contributed by atoms with Gasteiger partial charge in [-0.2, -0.15) is 5.10 Å². The zero-order valence-corrected chi connectivity index (χ0v) is 9.05. The Morgan fingerprint density at radius 3 is 2.94 bits per heavy atom. The summed E-state index contributed by atoms with van der Waals surface area (Å²) < 4.78 is 1.51. The molecule has 17 heavy (non-hydrogen) atoms. The lowest BCUT2D eigenvalue weighted by molar-refractivity contribution is 0.111. The number of benzene rings is 1. The largest absolute Gasteiger partial charge is 0.506 e. The third-order valence-electron chi connectivity index (χ3n) is 2.92. The molecule has 5 heteroatoms. The first kappa shape index (κ1) is 10.0. The van der Waals surface area contributed by atoms with Gasteiger partial charge in [0.25, 0.3) is 0 Å². The summed E-state index contributed by atoms with van der Waals surface area (Å²) >= 11 is 0. The maximum Gasteiger partial charge on any atom is 0.168 e. The fourth-order valence-corrected chi connectivity index (χ4v) is 2.10. The van der Waals surface area contributed by atoms with E-state index >= 15 is 0 Å². The standard InChI is InChI=1S/C12H11N3O2/c16-7-11-8-5-13-6-9(8)14-15(11)10-3-1-2-4-12(10)17/h1-4,7,13,17H,5-6H2. The van der Waals surface area contributed by atoms with Crippen molar-refractivity contribution >= 4 is 6.29 Å². The van der Waals surface area contributed by atoms with Gasteiger partial charge in [0.2, 0.25) is 0 Å². The predicted molar refractivity (Wildman–Crippen MR) is 61.2 cm³/mol.